The van der Waals surface area contributed by atoms with E-state index in [-0.39, 0.29) is 12.0 Å². The molecule has 0 saturated carbocycles. The number of aliphatic imine (C=N–C) groups is 2. The summed E-state index contributed by atoms with van der Waals surface area (Å²) in [5, 5.41) is 0. The largest absolute Gasteiger partial charge is 0.486 e. The van der Waals surface area contributed by atoms with Gasteiger partial charge < -0.3 is 24.0 Å². The number of hydrogen-bond acceptors (Lipinski definition) is 8. The first kappa shape index (κ1) is 18.6. The van der Waals surface area contributed by atoms with Crippen LogP contribution in [0.15, 0.2) is 52.7 Å². The van der Waals surface area contributed by atoms with Crippen molar-refractivity contribution in [3.05, 3.63) is 48.3 Å². The van der Waals surface area contributed by atoms with E-state index >= 15 is 0 Å². The number of hydrogen-bond donors (Lipinski definition) is 0. The topological polar surface area (TPSA) is 71.8 Å². The van der Waals surface area contributed by atoms with E-state index in [4.69, 9.17) is 24.2 Å². The summed E-state index contributed by atoms with van der Waals surface area (Å²) in [6, 6.07) is 10.3. The zero-order valence-corrected chi connectivity index (χ0v) is 17.3. The summed E-state index contributed by atoms with van der Waals surface area (Å²) in [6.07, 6.45) is 4.73. The Bertz CT molecular complexity index is 1020. The van der Waals surface area contributed by atoms with Crippen molar-refractivity contribution in [2.45, 2.75) is 12.5 Å². The van der Waals surface area contributed by atoms with Crippen LogP contribution in [0.1, 0.15) is 18.0 Å². The van der Waals surface area contributed by atoms with Crippen LogP contribution < -0.4 is 14.4 Å². The molecule has 4 aliphatic rings. The van der Waals surface area contributed by atoms with Crippen LogP contribution in [0.5, 0.6) is 11.5 Å². The molecule has 0 aliphatic carbocycles. The van der Waals surface area contributed by atoms with Crippen LogP contribution in [0.25, 0.3) is 0 Å². The third kappa shape index (κ3) is 3.40. The van der Waals surface area contributed by atoms with Crippen LogP contribution in [0, 0.1) is 5.92 Å². The van der Waals surface area contributed by atoms with E-state index in [1.165, 1.54) is 0 Å². The van der Waals surface area contributed by atoms with Gasteiger partial charge >= 0.3 is 0 Å². The summed E-state index contributed by atoms with van der Waals surface area (Å²) in [5.74, 6) is 3.70. The number of benzene rings is 1. The fourth-order valence-corrected chi connectivity index (χ4v) is 4.73. The highest BCUT2D eigenvalue weighted by Crippen LogP contribution is 2.41. The van der Waals surface area contributed by atoms with Gasteiger partial charge in [0.05, 0.1) is 19.3 Å². The quantitative estimate of drug-likeness (QED) is 0.745. The molecule has 4 aliphatic heterocycles. The van der Waals surface area contributed by atoms with E-state index in [1.54, 1.807) is 0 Å². The number of morpholine rings is 1. The normalized spacial score (nSPS) is 25.0. The van der Waals surface area contributed by atoms with E-state index in [9.17, 15) is 0 Å². The average Bonchev–Trinajstić information content (AvgIpc) is 3.28. The van der Waals surface area contributed by atoms with E-state index in [1.807, 2.05) is 24.5 Å². The molecule has 5 heterocycles. The van der Waals surface area contributed by atoms with Crippen molar-refractivity contribution < 1.29 is 14.2 Å². The van der Waals surface area contributed by atoms with Crippen molar-refractivity contribution in [3.8, 4) is 11.5 Å². The molecule has 0 bridgehead atoms. The average molecular weight is 419 g/mol. The predicted octanol–water partition coefficient (Wildman–Crippen LogP) is 2.52. The van der Waals surface area contributed by atoms with Gasteiger partial charge in [0.2, 0.25) is 5.96 Å². The molecular weight excluding hydrogens is 394 g/mol. The number of amidine groups is 1. The summed E-state index contributed by atoms with van der Waals surface area (Å²) in [5.41, 5.74) is 2.22. The van der Waals surface area contributed by atoms with E-state index in [0.29, 0.717) is 26.4 Å². The van der Waals surface area contributed by atoms with Crippen molar-refractivity contribution >= 4 is 17.5 Å². The van der Waals surface area contributed by atoms with Gasteiger partial charge in [-0.3, -0.25) is 4.98 Å². The lowest BCUT2D eigenvalue weighted by Crippen LogP contribution is -2.44. The van der Waals surface area contributed by atoms with Gasteiger partial charge in [0.25, 0.3) is 0 Å². The first-order chi connectivity index (χ1) is 15.4. The maximum Gasteiger partial charge on any atom is 0.223 e. The van der Waals surface area contributed by atoms with Crippen molar-refractivity contribution in [2.24, 2.45) is 15.9 Å². The molecule has 0 radical (unpaired) electrons. The number of guanidine groups is 1. The molecule has 2 fully saturated rings. The number of rotatable bonds is 2. The van der Waals surface area contributed by atoms with E-state index < -0.39 is 0 Å². The van der Waals surface area contributed by atoms with Crippen molar-refractivity contribution in [1.29, 1.82) is 0 Å². The van der Waals surface area contributed by atoms with Gasteiger partial charge in [-0.15, -0.1) is 0 Å². The third-order valence-electron chi connectivity index (χ3n) is 6.28. The molecule has 8 heteroatoms. The summed E-state index contributed by atoms with van der Waals surface area (Å²) >= 11 is 0. The van der Waals surface area contributed by atoms with Crippen LogP contribution in [-0.2, 0) is 4.74 Å². The molecule has 6 rings (SSSR count). The summed E-state index contributed by atoms with van der Waals surface area (Å²) < 4.78 is 17.1. The fourth-order valence-electron chi connectivity index (χ4n) is 4.73. The first-order valence-corrected chi connectivity index (χ1v) is 10.9. The minimum absolute atomic E-state index is 0.0151. The van der Waals surface area contributed by atoms with Gasteiger partial charge in [-0.05, 0) is 30.2 Å². The Morgan fingerprint density at radius 2 is 1.81 bits per heavy atom. The second-order valence-electron chi connectivity index (χ2n) is 8.10. The molecular formula is C23H25N5O3. The number of ether oxygens (including phenoxy) is 3. The number of aromatic nitrogens is 1. The minimum atomic E-state index is 0.0151. The van der Waals surface area contributed by atoms with Crippen LogP contribution in [-0.4, -0.2) is 67.7 Å². The van der Waals surface area contributed by atoms with Gasteiger partial charge in [0.1, 0.15) is 19.0 Å². The minimum Gasteiger partial charge on any atom is -0.486 e. The predicted molar refractivity (Wildman–Crippen MR) is 117 cm³/mol. The molecule has 1 aromatic heterocycles. The molecule has 8 nitrogen and oxygen atoms in total. The molecule has 0 N–H and O–H groups in total. The Kier molecular flexibility index (Phi) is 4.71. The molecule has 0 spiro atoms. The fraction of sp³-hybridized carbons (Fsp3) is 0.435. The Morgan fingerprint density at radius 3 is 2.65 bits per heavy atom. The Labute approximate surface area is 181 Å². The van der Waals surface area contributed by atoms with Gasteiger partial charge in [-0.2, -0.15) is 4.99 Å². The summed E-state index contributed by atoms with van der Waals surface area (Å²) in [4.78, 5) is 19.1. The second-order valence-corrected chi connectivity index (χ2v) is 8.10. The van der Waals surface area contributed by atoms with Crippen LogP contribution in [0.3, 0.4) is 0 Å². The van der Waals surface area contributed by atoms with Crippen molar-refractivity contribution in [2.75, 3.05) is 51.0 Å². The maximum absolute atomic E-state index is 5.82. The number of pyridine rings is 1. The third-order valence-corrected chi connectivity index (χ3v) is 6.28. The molecule has 1 aromatic carbocycles. The molecule has 31 heavy (non-hydrogen) atoms. The van der Waals surface area contributed by atoms with Crippen LogP contribution >= 0.6 is 0 Å². The van der Waals surface area contributed by atoms with E-state index in [0.717, 1.165) is 60.6 Å². The number of nitrogens with zero attached hydrogens (tertiary/aromatic N) is 5. The summed E-state index contributed by atoms with van der Waals surface area (Å²) in [6.45, 7) is 5.10. The summed E-state index contributed by atoms with van der Waals surface area (Å²) in [7, 11) is 0. The molecule has 160 valence electrons. The molecule has 2 atom stereocenters. The molecule has 2 aromatic rings. The second kappa shape index (κ2) is 7.85. The van der Waals surface area contributed by atoms with Crippen LogP contribution in [0.4, 0.5) is 5.69 Å². The highest BCUT2D eigenvalue weighted by Gasteiger charge is 2.41. The highest BCUT2D eigenvalue weighted by molar-refractivity contribution is 6.09. The Morgan fingerprint density at radius 1 is 0.935 bits per heavy atom. The monoisotopic (exact) mass is 419 g/mol. The lowest BCUT2D eigenvalue weighted by Gasteiger charge is -2.34. The smallest absolute Gasteiger partial charge is 0.223 e. The zero-order chi connectivity index (χ0) is 20.6. The molecule has 2 saturated heterocycles. The highest BCUT2D eigenvalue weighted by atomic mass is 16.6. The number of anilines is 1. The Balaban J connectivity index is 1.38. The molecule has 0 amide bonds. The lowest BCUT2D eigenvalue weighted by atomic mass is 9.92. The van der Waals surface area contributed by atoms with Crippen LogP contribution in [0.2, 0.25) is 0 Å². The van der Waals surface area contributed by atoms with Gasteiger partial charge in [-0.25, -0.2) is 4.99 Å². The van der Waals surface area contributed by atoms with Gasteiger partial charge in [0.15, 0.2) is 11.5 Å². The SMILES string of the molecule is c1cncc(C2N=C(N3CCOCC3)N=C3C2CCN3c2ccc3c(c2)OCCO3)c1. The lowest BCUT2D eigenvalue weighted by molar-refractivity contribution is 0.0672. The standard InChI is InChI=1S/C23H25N5O3/c1-2-16(15-24-6-1)21-18-5-7-28(17-3-4-19-20(14-17)31-13-12-30-19)22(18)26-23(25-21)27-8-10-29-11-9-27/h1-4,6,14-15,18,21H,5,7-13H2. The van der Waals surface area contributed by atoms with Gasteiger partial charge in [0, 0.05) is 49.7 Å². The zero-order valence-electron chi connectivity index (χ0n) is 17.3. The Hall–Kier alpha value is -3.13. The maximum atomic E-state index is 5.82. The van der Waals surface area contributed by atoms with Crippen molar-refractivity contribution in [3.63, 3.8) is 0 Å². The van der Waals surface area contributed by atoms with Gasteiger partial charge in [-0.1, -0.05) is 6.07 Å². The number of fused-ring (bicyclic) bond motifs is 2. The first-order valence-electron chi connectivity index (χ1n) is 10.9. The van der Waals surface area contributed by atoms with Crippen molar-refractivity contribution in [1.82, 2.24) is 9.88 Å². The van der Waals surface area contributed by atoms with E-state index in [2.05, 4.69) is 33.0 Å². The molecule has 2 unspecified atom stereocenters.